The molecule has 0 aromatic carbocycles. The lowest BCUT2D eigenvalue weighted by molar-refractivity contribution is 0.615. The van der Waals surface area contributed by atoms with E-state index >= 15 is 0 Å². The topological polar surface area (TPSA) is 42.2 Å². The number of aromatic nitrogens is 3. The third-order valence-corrected chi connectivity index (χ3v) is 2.07. The fraction of sp³-hybridized carbons (Fsp3) is 0.273. The third-order valence-electron chi connectivity index (χ3n) is 2.07. The van der Waals surface area contributed by atoms with E-state index in [9.17, 15) is 4.39 Å². The van der Waals surface area contributed by atoms with Crippen LogP contribution in [0, 0.1) is 5.82 Å². The zero-order valence-electron chi connectivity index (χ0n) is 9.24. The molecule has 0 saturated heterocycles. The fourth-order valence-corrected chi connectivity index (χ4v) is 1.28. The number of pyridine rings is 1. The summed E-state index contributed by atoms with van der Waals surface area (Å²) in [6.45, 7) is 4.71. The summed E-state index contributed by atoms with van der Waals surface area (Å²) in [5.74, 6) is 0.177. The Morgan fingerprint density at radius 1 is 1.50 bits per heavy atom. The van der Waals surface area contributed by atoms with E-state index in [-0.39, 0.29) is 5.82 Å². The van der Waals surface area contributed by atoms with E-state index in [1.165, 1.54) is 22.4 Å². The highest BCUT2D eigenvalue weighted by molar-refractivity contribution is 5.43. The Labute approximate surface area is 92.8 Å². The molecule has 2 aromatic rings. The van der Waals surface area contributed by atoms with Gasteiger partial charge in [-0.3, -0.25) is 0 Å². The van der Waals surface area contributed by atoms with E-state index < -0.39 is 0 Å². The van der Waals surface area contributed by atoms with Crippen molar-refractivity contribution in [2.24, 2.45) is 0 Å². The first-order valence-corrected chi connectivity index (χ1v) is 5.04. The third kappa shape index (κ3) is 2.36. The zero-order chi connectivity index (χ0) is 11.5. The molecule has 1 N–H and O–H groups in total. The molecule has 16 heavy (non-hydrogen) atoms. The van der Waals surface area contributed by atoms with Crippen LogP contribution in [0.1, 0.15) is 13.8 Å². The Balaban J connectivity index is 2.17. The lowest BCUT2D eigenvalue weighted by Crippen LogP contribution is -2.00. The van der Waals surface area contributed by atoms with Gasteiger partial charge < -0.3 is 5.32 Å². The number of nitrogens with one attached hydrogen (secondary N) is 1. The number of hydrogen-bond donors (Lipinski definition) is 1. The minimum Gasteiger partial charge on any atom is -0.349 e. The molecule has 0 fully saturated rings. The van der Waals surface area contributed by atoms with Crippen LogP contribution in [0.5, 0.6) is 0 Å². The summed E-state index contributed by atoms with van der Waals surface area (Å²) in [7, 11) is 0. The van der Waals surface area contributed by atoms with Crippen molar-refractivity contribution in [1.82, 2.24) is 14.6 Å². The second-order valence-corrected chi connectivity index (χ2v) is 3.75. The quantitative estimate of drug-likeness (QED) is 0.807. The van der Waals surface area contributed by atoms with E-state index in [1.807, 2.05) is 19.9 Å². The average molecular weight is 220 g/mol. The smallest absolute Gasteiger partial charge is 0.243 e. The van der Waals surface area contributed by atoms with Gasteiger partial charge in [-0.25, -0.2) is 8.91 Å². The van der Waals surface area contributed by atoms with Gasteiger partial charge in [-0.1, -0.05) is 11.6 Å². The van der Waals surface area contributed by atoms with E-state index in [0.29, 0.717) is 18.1 Å². The molecule has 0 atom stereocenters. The van der Waals surface area contributed by atoms with Crippen LogP contribution in [0.25, 0.3) is 5.65 Å². The maximum atomic E-state index is 12.9. The summed E-state index contributed by atoms with van der Waals surface area (Å²) in [4.78, 5) is 4.20. The van der Waals surface area contributed by atoms with E-state index in [4.69, 9.17) is 0 Å². The molecule has 0 bridgehead atoms. The van der Waals surface area contributed by atoms with Crippen LogP contribution in [0.15, 0.2) is 30.0 Å². The Kier molecular flexibility index (Phi) is 2.85. The number of halogens is 1. The van der Waals surface area contributed by atoms with Crippen molar-refractivity contribution in [3.8, 4) is 0 Å². The molecule has 84 valence electrons. The van der Waals surface area contributed by atoms with Gasteiger partial charge >= 0.3 is 0 Å². The molecule has 0 aliphatic heterocycles. The summed E-state index contributed by atoms with van der Waals surface area (Å²) < 4.78 is 14.3. The standard InChI is InChI=1S/C11H13FN4/c1-8(2)5-6-13-11-14-10-4-3-9(12)7-16(10)15-11/h3-5,7H,6H2,1-2H3,(H,13,15). The second-order valence-electron chi connectivity index (χ2n) is 3.75. The Bertz CT molecular complexity index is 526. The molecule has 0 saturated carbocycles. The molecule has 0 radical (unpaired) electrons. The molecule has 0 amide bonds. The minimum absolute atomic E-state index is 0.326. The largest absolute Gasteiger partial charge is 0.349 e. The summed E-state index contributed by atoms with van der Waals surface area (Å²) in [5.41, 5.74) is 1.85. The van der Waals surface area contributed by atoms with Crippen LogP contribution in [-0.4, -0.2) is 21.1 Å². The van der Waals surface area contributed by atoms with Crippen molar-refractivity contribution >= 4 is 11.6 Å². The molecule has 2 aromatic heterocycles. The number of fused-ring (bicyclic) bond motifs is 1. The van der Waals surface area contributed by atoms with Gasteiger partial charge in [0.25, 0.3) is 0 Å². The molecule has 5 heteroatoms. The number of anilines is 1. The molecular weight excluding hydrogens is 207 g/mol. The van der Waals surface area contributed by atoms with Crippen LogP contribution in [0.3, 0.4) is 0 Å². The molecular formula is C11H13FN4. The van der Waals surface area contributed by atoms with Gasteiger partial charge in [0.15, 0.2) is 5.65 Å². The molecule has 0 aliphatic carbocycles. The summed E-state index contributed by atoms with van der Waals surface area (Å²) in [5, 5.41) is 7.14. The van der Waals surface area contributed by atoms with Gasteiger partial charge in [-0.15, -0.1) is 5.10 Å². The lowest BCUT2D eigenvalue weighted by Gasteiger charge is -1.95. The average Bonchev–Trinajstić information content (AvgIpc) is 2.58. The monoisotopic (exact) mass is 220 g/mol. The number of rotatable bonds is 3. The Morgan fingerprint density at radius 2 is 2.31 bits per heavy atom. The number of allylic oxidation sites excluding steroid dienone is 1. The van der Waals surface area contributed by atoms with Gasteiger partial charge in [0.2, 0.25) is 5.95 Å². The highest BCUT2D eigenvalue weighted by atomic mass is 19.1. The lowest BCUT2D eigenvalue weighted by atomic mass is 10.3. The minimum atomic E-state index is -0.326. The van der Waals surface area contributed by atoms with Crippen LogP contribution in [-0.2, 0) is 0 Å². The van der Waals surface area contributed by atoms with Crippen molar-refractivity contribution in [3.05, 3.63) is 35.8 Å². The van der Waals surface area contributed by atoms with Gasteiger partial charge in [0.1, 0.15) is 5.82 Å². The predicted molar refractivity (Wildman–Crippen MR) is 60.9 cm³/mol. The van der Waals surface area contributed by atoms with Crippen LogP contribution >= 0.6 is 0 Å². The summed E-state index contributed by atoms with van der Waals surface area (Å²) in [6, 6.07) is 2.96. The number of nitrogens with zero attached hydrogens (tertiary/aromatic N) is 3. The molecule has 0 spiro atoms. The molecule has 2 rings (SSSR count). The first kappa shape index (κ1) is 10.6. The molecule has 0 aliphatic rings. The van der Waals surface area contributed by atoms with E-state index in [2.05, 4.69) is 15.4 Å². The molecule has 2 heterocycles. The number of hydrogen-bond acceptors (Lipinski definition) is 3. The molecule has 0 unspecified atom stereocenters. The fourth-order valence-electron chi connectivity index (χ4n) is 1.28. The maximum absolute atomic E-state index is 12.9. The summed E-state index contributed by atoms with van der Waals surface area (Å²) >= 11 is 0. The Hall–Kier alpha value is -1.91. The van der Waals surface area contributed by atoms with Gasteiger partial charge in [-0.2, -0.15) is 4.98 Å². The SMILES string of the molecule is CC(C)=CCNc1nc2ccc(F)cn2n1. The van der Waals surface area contributed by atoms with Crippen LogP contribution in [0.4, 0.5) is 10.3 Å². The van der Waals surface area contributed by atoms with Crippen molar-refractivity contribution in [1.29, 1.82) is 0 Å². The second kappa shape index (κ2) is 4.30. The Morgan fingerprint density at radius 3 is 3.06 bits per heavy atom. The van der Waals surface area contributed by atoms with Gasteiger partial charge in [0.05, 0.1) is 6.20 Å². The van der Waals surface area contributed by atoms with E-state index in [1.54, 1.807) is 6.07 Å². The molecule has 4 nitrogen and oxygen atoms in total. The van der Waals surface area contributed by atoms with Gasteiger partial charge in [0, 0.05) is 6.54 Å². The van der Waals surface area contributed by atoms with Crippen LogP contribution < -0.4 is 5.32 Å². The highest BCUT2D eigenvalue weighted by Crippen LogP contribution is 2.06. The van der Waals surface area contributed by atoms with Crippen molar-refractivity contribution < 1.29 is 4.39 Å². The highest BCUT2D eigenvalue weighted by Gasteiger charge is 2.02. The normalized spacial score (nSPS) is 10.4. The van der Waals surface area contributed by atoms with Crippen LogP contribution in [0.2, 0.25) is 0 Å². The van der Waals surface area contributed by atoms with Crippen molar-refractivity contribution in [3.63, 3.8) is 0 Å². The van der Waals surface area contributed by atoms with Crippen molar-refractivity contribution in [2.45, 2.75) is 13.8 Å². The van der Waals surface area contributed by atoms with Crippen molar-refractivity contribution in [2.75, 3.05) is 11.9 Å². The predicted octanol–water partition coefficient (Wildman–Crippen LogP) is 2.25. The zero-order valence-corrected chi connectivity index (χ0v) is 9.24. The van der Waals surface area contributed by atoms with E-state index in [0.717, 1.165) is 0 Å². The summed E-state index contributed by atoms with van der Waals surface area (Å²) in [6.07, 6.45) is 3.33. The van der Waals surface area contributed by atoms with Gasteiger partial charge in [-0.05, 0) is 26.0 Å². The maximum Gasteiger partial charge on any atom is 0.243 e. The first-order chi connectivity index (χ1) is 7.65. The first-order valence-electron chi connectivity index (χ1n) is 5.04.